The summed E-state index contributed by atoms with van der Waals surface area (Å²) in [5.74, 6) is 0. The third-order valence-electron chi connectivity index (χ3n) is 3.14. The molecule has 1 aromatic rings. The first-order valence-electron chi connectivity index (χ1n) is 6.43. The van der Waals surface area contributed by atoms with Crippen LogP contribution in [0.2, 0.25) is 0 Å². The highest BCUT2D eigenvalue weighted by Gasteiger charge is 2.37. The molecular weight excluding hydrogens is 296 g/mol. The summed E-state index contributed by atoms with van der Waals surface area (Å²) in [5.41, 5.74) is 3.55. The highest BCUT2D eigenvalue weighted by molar-refractivity contribution is 8.15. The van der Waals surface area contributed by atoms with Crippen LogP contribution in [0.15, 0.2) is 35.4 Å². The van der Waals surface area contributed by atoms with Gasteiger partial charge in [0.15, 0.2) is 0 Å². The van der Waals surface area contributed by atoms with Gasteiger partial charge in [0.05, 0.1) is 6.61 Å². The van der Waals surface area contributed by atoms with Crippen LogP contribution in [0.25, 0.3) is 0 Å². The lowest BCUT2D eigenvalue weighted by Crippen LogP contribution is -2.51. The van der Waals surface area contributed by atoms with Crippen LogP contribution in [-0.2, 0) is 0 Å². The third-order valence-corrected chi connectivity index (χ3v) is 4.33. The monoisotopic (exact) mass is 314 g/mol. The molecule has 1 heterocycles. The molecule has 1 aromatic carbocycles. The molecule has 0 bridgehead atoms. The molecule has 0 amide bonds. The zero-order valence-corrected chi connectivity index (χ0v) is 11.9. The average Bonchev–Trinajstić information content (AvgIpc) is 3.02. The minimum absolute atomic E-state index is 0.657. The Morgan fingerprint density at radius 2 is 1.76 bits per heavy atom. The predicted molar refractivity (Wildman–Crippen MR) is 78.6 cm³/mol. The van der Waals surface area contributed by atoms with Gasteiger partial charge in [0, 0.05) is 5.56 Å². The Kier molecular flexibility index (Phi) is 5.57. The largest absolute Gasteiger partial charge is 0.394 e. The van der Waals surface area contributed by atoms with Crippen LogP contribution in [0.5, 0.6) is 0 Å². The zero-order valence-electron chi connectivity index (χ0n) is 11.1. The molecular formula is C13H18N2O5S. The minimum Gasteiger partial charge on any atom is -0.394 e. The normalized spacial score (nSPS) is 23.9. The van der Waals surface area contributed by atoms with Crippen LogP contribution in [0, 0.1) is 0 Å². The van der Waals surface area contributed by atoms with E-state index < -0.39 is 36.4 Å². The Bertz CT molecular complexity index is 487. The highest BCUT2D eigenvalue weighted by atomic mass is 32.2. The molecule has 0 aromatic heterocycles. The van der Waals surface area contributed by atoms with E-state index in [0.29, 0.717) is 5.04 Å². The van der Waals surface area contributed by atoms with Crippen molar-refractivity contribution in [2.24, 2.45) is 5.10 Å². The average molecular weight is 314 g/mol. The van der Waals surface area contributed by atoms with Gasteiger partial charge in [0.2, 0.25) is 0 Å². The van der Waals surface area contributed by atoms with Gasteiger partial charge in [-0.3, -0.25) is 5.43 Å². The van der Waals surface area contributed by atoms with Gasteiger partial charge >= 0.3 is 0 Å². The van der Waals surface area contributed by atoms with Gasteiger partial charge in [-0.1, -0.05) is 42.1 Å². The van der Waals surface area contributed by atoms with Gasteiger partial charge in [0.25, 0.3) is 0 Å². The molecule has 0 fully saturated rings. The fourth-order valence-electron chi connectivity index (χ4n) is 1.87. The number of nitrogens with one attached hydrogen (secondary N) is 1. The molecule has 2 rings (SSSR count). The van der Waals surface area contributed by atoms with Crippen LogP contribution in [0.3, 0.4) is 0 Å². The predicted octanol–water partition coefficient (Wildman–Crippen LogP) is -1.55. The van der Waals surface area contributed by atoms with Crippen molar-refractivity contribution in [3.63, 3.8) is 0 Å². The minimum atomic E-state index is -1.65. The molecule has 6 N–H and O–H groups in total. The van der Waals surface area contributed by atoms with Crippen molar-refractivity contribution < 1.29 is 25.5 Å². The summed E-state index contributed by atoms with van der Waals surface area (Å²) in [6.45, 7) is -0.706. The number of benzene rings is 1. The molecule has 116 valence electrons. The molecule has 1 aliphatic rings. The van der Waals surface area contributed by atoms with Crippen molar-refractivity contribution in [3.05, 3.63) is 35.9 Å². The van der Waals surface area contributed by atoms with Crippen LogP contribution in [0.4, 0.5) is 0 Å². The van der Waals surface area contributed by atoms with Gasteiger partial charge in [-0.15, -0.1) is 0 Å². The molecule has 0 unspecified atom stereocenters. The van der Waals surface area contributed by atoms with E-state index in [1.54, 1.807) is 0 Å². The number of aliphatic hydroxyl groups excluding tert-OH is 5. The lowest BCUT2D eigenvalue weighted by atomic mass is 10.0. The van der Waals surface area contributed by atoms with Gasteiger partial charge < -0.3 is 25.5 Å². The second-order valence-electron chi connectivity index (χ2n) is 4.67. The Morgan fingerprint density at radius 1 is 1.10 bits per heavy atom. The molecule has 0 saturated heterocycles. The van der Waals surface area contributed by atoms with Crippen molar-refractivity contribution in [1.82, 2.24) is 5.43 Å². The summed E-state index contributed by atoms with van der Waals surface area (Å²) in [6.07, 6.45) is -6.14. The van der Waals surface area contributed by atoms with Gasteiger partial charge in [-0.25, -0.2) is 0 Å². The van der Waals surface area contributed by atoms with Crippen molar-refractivity contribution in [2.45, 2.75) is 29.8 Å². The third kappa shape index (κ3) is 3.73. The number of hydrazone groups is 1. The van der Waals surface area contributed by atoms with E-state index in [1.807, 2.05) is 30.3 Å². The lowest BCUT2D eigenvalue weighted by Gasteiger charge is -2.28. The molecule has 7 nitrogen and oxygen atoms in total. The van der Waals surface area contributed by atoms with Crippen LogP contribution >= 0.6 is 11.8 Å². The first-order chi connectivity index (χ1) is 10.0. The van der Waals surface area contributed by atoms with Gasteiger partial charge in [-0.05, 0) is 0 Å². The summed E-state index contributed by atoms with van der Waals surface area (Å²) >= 11 is 1.21. The highest BCUT2D eigenvalue weighted by Crippen LogP contribution is 2.26. The Morgan fingerprint density at radius 3 is 2.38 bits per heavy atom. The standard InChI is InChI=1S/C13H18N2O5S/c16-6-8(17)9(18)10(19)11(20)13-15-14-12(21-13)7-4-2-1-3-5-7/h1-5,8-11,13,15-20H,6H2/t8-,9-,10-,11+,13+/m0/s1. The smallest absolute Gasteiger partial charge is 0.125 e. The zero-order chi connectivity index (χ0) is 15.4. The van der Waals surface area contributed by atoms with E-state index in [4.69, 9.17) is 5.11 Å². The molecule has 0 aliphatic carbocycles. The summed E-state index contributed by atoms with van der Waals surface area (Å²) in [5, 5.41) is 51.6. The Balaban J connectivity index is 1.96. The molecule has 5 atom stereocenters. The SMILES string of the molecule is OC[C@H](O)[C@H](O)[C@H](O)[C@@H](O)[C@@H]1NN=C(c2ccccc2)S1. The van der Waals surface area contributed by atoms with Gasteiger partial charge in [0.1, 0.15) is 34.8 Å². The van der Waals surface area contributed by atoms with Gasteiger partial charge in [-0.2, -0.15) is 5.10 Å². The van der Waals surface area contributed by atoms with E-state index in [1.165, 1.54) is 11.8 Å². The summed E-state index contributed by atoms with van der Waals surface area (Å²) < 4.78 is 0. The molecule has 0 saturated carbocycles. The number of thioether (sulfide) groups is 1. The number of aliphatic hydroxyl groups is 5. The number of nitrogens with zero attached hydrogens (tertiary/aromatic N) is 1. The fourth-order valence-corrected chi connectivity index (χ4v) is 2.90. The van der Waals surface area contributed by atoms with Crippen molar-refractivity contribution in [2.75, 3.05) is 6.61 Å². The van der Waals surface area contributed by atoms with Crippen molar-refractivity contribution in [1.29, 1.82) is 0 Å². The molecule has 1 aliphatic heterocycles. The van der Waals surface area contributed by atoms with Crippen molar-refractivity contribution in [3.8, 4) is 0 Å². The summed E-state index contributed by atoms with van der Waals surface area (Å²) in [6, 6.07) is 9.32. The van der Waals surface area contributed by atoms with Crippen molar-refractivity contribution >= 4 is 16.8 Å². The number of rotatable bonds is 6. The first-order valence-corrected chi connectivity index (χ1v) is 7.31. The summed E-state index contributed by atoms with van der Waals surface area (Å²) in [4.78, 5) is 0. The van der Waals surface area contributed by atoms with E-state index >= 15 is 0 Å². The second kappa shape index (κ2) is 7.21. The van der Waals surface area contributed by atoms with E-state index in [2.05, 4.69) is 10.5 Å². The van der Waals surface area contributed by atoms with Crippen LogP contribution in [0.1, 0.15) is 5.56 Å². The number of hydrogen-bond donors (Lipinski definition) is 6. The maximum Gasteiger partial charge on any atom is 0.125 e. The van der Waals surface area contributed by atoms with E-state index in [9.17, 15) is 20.4 Å². The molecule has 0 radical (unpaired) electrons. The maximum absolute atomic E-state index is 10.0. The molecule has 0 spiro atoms. The maximum atomic E-state index is 10.0. The Hall–Kier alpha value is -1.16. The summed E-state index contributed by atoms with van der Waals surface area (Å²) in [7, 11) is 0. The first kappa shape index (κ1) is 16.2. The molecule has 8 heteroatoms. The Labute approximate surface area is 125 Å². The van der Waals surface area contributed by atoms with E-state index in [0.717, 1.165) is 5.56 Å². The molecule has 21 heavy (non-hydrogen) atoms. The van der Waals surface area contributed by atoms with E-state index in [-0.39, 0.29) is 0 Å². The van der Waals surface area contributed by atoms with Crippen LogP contribution in [-0.4, -0.2) is 67.0 Å². The topological polar surface area (TPSA) is 126 Å². The lowest BCUT2D eigenvalue weighted by molar-refractivity contribution is -0.116. The van der Waals surface area contributed by atoms with Crippen LogP contribution < -0.4 is 5.43 Å². The second-order valence-corrected chi connectivity index (χ2v) is 5.80. The fraction of sp³-hybridized carbons (Fsp3) is 0.462. The number of hydrogen-bond acceptors (Lipinski definition) is 8. The quantitative estimate of drug-likeness (QED) is 0.375.